The number of nitrogens with zero attached hydrogens (tertiary/aromatic N) is 1. The summed E-state index contributed by atoms with van der Waals surface area (Å²) in [7, 11) is 0. The molecule has 0 radical (unpaired) electrons. The molecule has 194 valence electrons. The van der Waals surface area contributed by atoms with Crippen molar-refractivity contribution in [1.82, 2.24) is 5.43 Å². The number of para-hydroxylation sites is 1. The summed E-state index contributed by atoms with van der Waals surface area (Å²) >= 11 is 13.6. The molecule has 0 atom stereocenters. The van der Waals surface area contributed by atoms with Gasteiger partial charge < -0.3 is 9.47 Å². The van der Waals surface area contributed by atoms with E-state index in [1.807, 2.05) is 36.4 Å². The second-order valence-electron chi connectivity index (χ2n) is 8.31. The average Bonchev–Trinajstić information content (AvgIpc) is 3.30. The fourth-order valence-electron chi connectivity index (χ4n) is 3.65. The topological polar surface area (TPSA) is 77.0 Å². The fourth-order valence-corrected chi connectivity index (χ4v) is 5.16. The van der Waals surface area contributed by atoms with Crippen molar-refractivity contribution in [2.45, 2.75) is 6.61 Å². The average molecular weight is 575 g/mol. The van der Waals surface area contributed by atoms with Gasteiger partial charge in [0.15, 0.2) is 0 Å². The van der Waals surface area contributed by atoms with Crippen LogP contribution in [0.3, 0.4) is 0 Å². The normalized spacial score (nSPS) is 11.0. The van der Waals surface area contributed by atoms with Crippen LogP contribution in [-0.2, 0) is 6.61 Å². The molecular formula is C30H20Cl2N2O4S. The van der Waals surface area contributed by atoms with Crippen molar-refractivity contribution >= 4 is 62.7 Å². The van der Waals surface area contributed by atoms with Crippen molar-refractivity contribution in [2.24, 2.45) is 5.10 Å². The molecule has 0 aliphatic heterocycles. The summed E-state index contributed by atoms with van der Waals surface area (Å²) < 4.78 is 12.2. The Balaban J connectivity index is 1.19. The standard InChI is InChI=1S/C30H20Cl2N2O4S/c31-22-13-15-23(16-14-22)37-18-19-9-11-20(12-10-19)29(35)34-33-17-21-5-1-3-7-25(21)38-30(36)28-27(32)24-6-2-4-8-26(24)39-28/h1-17H,18H2,(H,34,35)/b33-17-. The number of amides is 1. The predicted molar refractivity (Wildman–Crippen MR) is 156 cm³/mol. The van der Waals surface area contributed by atoms with Gasteiger partial charge in [-0.25, -0.2) is 10.2 Å². The van der Waals surface area contributed by atoms with E-state index in [1.165, 1.54) is 17.6 Å². The number of ether oxygens (including phenoxy) is 2. The molecule has 5 aromatic rings. The van der Waals surface area contributed by atoms with E-state index in [0.717, 1.165) is 15.6 Å². The molecule has 0 spiro atoms. The molecule has 0 fully saturated rings. The number of hydrogen-bond donors (Lipinski definition) is 1. The molecular weight excluding hydrogens is 555 g/mol. The Kier molecular flexibility index (Phi) is 8.22. The Labute approximate surface area is 238 Å². The van der Waals surface area contributed by atoms with E-state index in [2.05, 4.69) is 10.5 Å². The highest BCUT2D eigenvalue weighted by Gasteiger charge is 2.19. The van der Waals surface area contributed by atoms with Gasteiger partial charge in [-0.2, -0.15) is 5.10 Å². The first-order valence-corrected chi connectivity index (χ1v) is 13.3. The Morgan fingerprint density at radius 3 is 2.36 bits per heavy atom. The number of benzene rings is 4. The summed E-state index contributed by atoms with van der Waals surface area (Å²) in [5.74, 6) is 0.0432. The van der Waals surface area contributed by atoms with Crippen LogP contribution < -0.4 is 14.9 Å². The van der Waals surface area contributed by atoms with Crippen LogP contribution in [0, 0.1) is 0 Å². The number of rotatable bonds is 8. The molecule has 0 aliphatic carbocycles. The number of fused-ring (bicyclic) bond motifs is 1. The third kappa shape index (κ3) is 6.46. The third-order valence-electron chi connectivity index (χ3n) is 5.65. The van der Waals surface area contributed by atoms with E-state index < -0.39 is 5.97 Å². The molecule has 39 heavy (non-hydrogen) atoms. The van der Waals surface area contributed by atoms with Crippen molar-refractivity contribution < 1.29 is 19.1 Å². The fraction of sp³-hybridized carbons (Fsp3) is 0.0333. The number of carbonyl (C=O) groups is 2. The highest BCUT2D eigenvalue weighted by Crippen LogP contribution is 2.36. The van der Waals surface area contributed by atoms with Crippen molar-refractivity contribution in [2.75, 3.05) is 0 Å². The molecule has 5 rings (SSSR count). The largest absolute Gasteiger partial charge is 0.489 e. The quantitative estimate of drug-likeness (QED) is 0.0888. The lowest BCUT2D eigenvalue weighted by atomic mass is 10.1. The SMILES string of the molecule is O=C(N/N=C\c1ccccc1OC(=O)c1sc2ccccc2c1Cl)c1ccc(COc2ccc(Cl)cc2)cc1. The molecule has 0 saturated carbocycles. The first-order valence-electron chi connectivity index (χ1n) is 11.8. The van der Waals surface area contributed by atoms with Gasteiger partial charge >= 0.3 is 5.97 Å². The molecule has 4 aromatic carbocycles. The van der Waals surface area contributed by atoms with Gasteiger partial charge in [-0.15, -0.1) is 11.3 Å². The first kappa shape index (κ1) is 26.4. The van der Waals surface area contributed by atoms with Crippen LogP contribution >= 0.6 is 34.5 Å². The Hall–Kier alpha value is -4.17. The van der Waals surface area contributed by atoms with Crippen molar-refractivity contribution in [3.8, 4) is 11.5 Å². The number of hydrogen-bond acceptors (Lipinski definition) is 6. The van der Waals surface area contributed by atoms with E-state index in [9.17, 15) is 9.59 Å². The minimum atomic E-state index is -0.564. The highest BCUT2D eigenvalue weighted by molar-refractivity contribution is 7.21. The maximum atomic E-state index is 12.9. The second kappa shape index (κ2) is 12.1. The first-order chi connectivity index (χ1) is 19.0. The Bertz CT molecular complexity index is 1670. The number of thiophene rings is 1. The molecule has 1 heterocycles. The van der Waals surface area contributed by atoms with Gasteiger partial charge in [0.2, 0.25) is 0 Å². The lowest BCUT2D eigenvalue weighted by Gasteiger charge is -2.07. The maximum absolute atomic E-state index is 12.9. The zero-order valence-electron chi connectivity index (χ0n) is 20.3. The van der Waals surface area contributed by atoms with Gasteiger partial charge in [-0.1, -0.05) is 65.7 Å². The van der Waals surface area contributed by atoms with E-state index >= 15 is 0 Å². The maximum Gasteiger partial charge on any atom is 0.355 e. The molecule has 6 nitrogen and oxygen atoms in total. The summed E-state index contributed by atoms with van der Waals surface area (Å²) in [5, 5.41) is 5.85. The monoisotopic (exact) mass is 574 g/mol. The van der Waals surface area contributed by atoms with Crippen LogP contribution in [0.2, 0.25) is 10.0 Å². The minimum absolute atomic E-state index is 0.291. The summed E-state index contributed by atoms with van der Waals surface area (Å²) in [6.45, 7) is 0.351. The Morgan fingerprint density at radius 1 is 0.872 bits per heavy atom. The zero-order valence-corrected chi connectivity index (χ0v) is 22.6. The number of carbonyl (C=O) groups excluding carboxylic acids is 2. The zero-order chi connectivity index (χ0) is 27.2. The molecule has 1 amide bonds. The number of esters is 1. The van der Waals surface area contributed by atoms with Crippen molar-refractivity contribution in [3.05, 3.63) is 129 Å². The molecule has 0 aliphatic rings. The molecule has 0 unspecified atom stereocenters. The minimum Gasteiger partial charge on any atom is -0.489 e. The van der Waals surface area contributed by atoms with Gasteiger partial charge in [-0.05, 0) is 60.2 Å². The van der Waals surface area contributed by atoms with Crippen LogP contribution in [0.1, 0.15) is 31.2 Å². The van der Waals surface area contributed by atoms with Gasteiger partial charge in [0.05, 0.1) is 11.2 Å². The molecule has 0 saturated heterocycles. The highest BCUT2D eigenvalue weighted by atomic mass is 35.5. The van der Waals surface area contributed by atoms with Crippen molar-refractivity contribution in [3.63, 3.8) is 0 Å². The summed E-state index contributed by atoms with van der Waals surface area (Å²) in [4.78, 5) is 25.7. The lowest BCUT2D eigenvalue weighted by molar-refractivity contribution is 0.0739. The lowest BCUT2D eigenvalue weighted by Crippen LogP contribution is -2.17. The Morgan fingerprint density at radius 2 is 1.59 bits per heavy atom. The predicted octanol–water partition coefficient (Wildman–Crippen LogP) is 7.77. The smallest absolute Gasteiger partial charge is 0.355 e. The van der Waals surface area contributed by atoms with Gasteiger partial charge in [0.1, 0.15) is 23.0 Å². The summed E-state index contributed by atoms with van der Waals surface area (Å²) in [5.41, 5.74) is 4.34. The van der Waals surface area contributed by atoms with Crippen molar-refractivity contribution in [1.29, 1.82) is 0 Å². The van der Waals surface area contributed by atoms with Crippen LogP contribution in [-0.4, -0.2) is 18.1 Å². The number of halogens is 2. The van der Waals surface area contributed by atoms with Gasteiger partial charge in [0.25, 0.3) is 5.91 Å². The summed E-state index contributed by atoms with van der Waals surface area (Å²) in [6, 6.07) is 28.5. The van der Waals surface area contributed by atoms with Crippen LogP contribution in [0.4, 0.5) is 0 Å². The second-order valence-corrected chi connectivity index (χ2v) is 10.2. The van der Waals surface area contributed by atoms with E-state index in [0.29, 0.717) is 44.2 Å². The van der Waals surface area contributed by atoms with Crippen LogP contribution in [0.5, 0.6) is 11.5 Å². The van der Waals surface area contributed by atoms with Gasteiger partial charge in [0, 0.05) is 26.2 Å². The van der Waals surface area contributed by atoms with E-state index in [4.69, 9.17) is 32.7 Å². The summed E-state index contributed by atoms with van der Waals surface area (Å²) in [6.07, 6.45) is 1.42. The van der Waals surface area contributed by atoms with Crippen LogP contribution in [0.25, 0.3) is 10.1 Å². The van der Waals surface area contributed by atoms with E-state index in [-0.39, 0.29) is 5.91 Å². The third-order valence-corrected chi connectivity index (χ3v) is 7.55. The molecule has 1 aromatic heterocycles. The van der Waals surface area contributed by atoms with Crippen LogP contribution in [0.15, 0.2) is 102 Å². The van der Waals surface area contributed by atoms with Gasteiger partial charge in [-0.3, -0.25) is 4.79 Å². The number of nitrogens with one attached hydrogen (secondary N) is 1. The number of hydrazone groups is 1. The molecule has 0 bridgehead atoms. The van der Waals surface area contributed by atoms with E-state index in [1.54, 1.807) is 60.7 Å². The molecule has 1 N–H and O–H groups in total. The molecule has 9 heteroatoms.